The topological polar surface area (TPSA) is 13.1 Å². The first kappa shape index (κ1) is 18.7. The highest BCUT2D eigenvalue weighted by Gasteiger charge is 2.48. The van der Waals surface area contributed by atoms with Crippen LogP contribution in [-0.4, -0.2) is 8.07 Å². The van der Waals surface area contributed by atoms with Gasteiger partial charge in [-0.1, -0.05) is 103 Å². The minimum Gasteiger partial charge on any atom is -0.456 e. The molecule has 0 saturated heterocycles. The second-order valence-electron chi connectivity index (χ2n) is 9.02. The Bertz CT molecular complexity index is 1680. The number of aryl methyl sites for hydroxylation is 1. The fourth-order valence-corrected chi connectivity index (χ4v) is 11.1. The van der Waals surface area contributed by atoms with E-state index in [4.69, 9.17) is 4.42 Å². The number of fused-ring (bicyclic) bond motifs is 6. The van der Waals surface area contributed by atoms with Crippen LogP contribution in [0.3, 0.4) is 0 Å². The summed E-state index contributed by atoms with van der Waals surface area (Å²) in [6.07, 6.45) is 0. The second kappa shape index (κ2) is 6.81. The molecular weight excluding hydrogens is 416 g/mol. The molecule has 0 N–H and O–H groups in total. The lowest BCUT2D eigenvalue weighted by Gasteiger charge is -2.31. The van der Waals surface area contributed by atoms with Crippen LogP contribution in [0.1, 0.15) is 5.56 Å². The van der Waals surface area contributed by atoms with E-state index < -0.39 is 8.07 Å². The molecule has 0 aliphatic carbocycles. The zero-order valence-corrected chi connectivity index (χ0v) is 19.4. The molecule has 1 atom stereocenters. The quantitative estimate of drug-likeness (QED) is 0.336. The van der Waals surface area contributed by atoms with Crippen LogP contribution >= 0.6 is 0 Å². The van der Waals surface area contributed by atoms with E-state index in [0.717, 1.165) is 11.2 Å². The molecule has 0 bridgehead atoms. The van der Waals surface area contributed by atoms with Gasteiger partial charge in [-0.05, 0) is 57.0 Å². The standard InChI is InChI=1S/C31H22OSi/c1-21-10-9-13-23(18-21)33(22-11-3-2-4-12-22)30-17-8-6-15-25(30)27-19-29-26(20-31(27)33)24-14-5-7-16-28(24)32-29/h2-20H,1H3. The van der Waals surface area contributed by atoms with Crippen molar-refractivity contribution < 1.29 is 4.42 Å². The fourth-order valence-electron chi connectivity index (χ4n) is 5.85. The monoisotopic (exact) mass is 438 g/mol. The van der Waals surface area contributed by atoms with Crippen LogP contribution in [0.25, 0.3) is 33.1 Å². The Morgan fingerprint density at radius 3 is 2.15 bits per heavy atom. The number of benzene rings is 5. The summed E-state index contributed by atoms with van der Waals surface area (Å²) in [5.74, 6) is 0. The summed E-state index contributed by atoms with van der Waals surface area (Å²) in [5.41, 5.74) is 5.87. The maximum Gasteiger partial charge on any atom is 0.180 e. The molecule has 2 heteroatoms. The van der Waals surface area contributed by atoms with E-state index >= 15 is 0 Å². The number of furan rings is 1. The van der Waals surface area contributed by atoms with Gasteiger partial charge in [0.15, 0.2) is 8.07 Å². The van der Waals surface area contributed by atoms with Gasteiger partial charge in [-0.15, -0.1) is 0 Å². The van der Waals surface area contributed by atoms with E-state index in [1.165, 1.54) is 48.2 Å². The van der Waals surface area contributed by atoms with E-state index in [2.05, 4.69) is 116 Å². The van der Waals surface area contributed by atoms with Crippen LogP contribution in [0.4, 0.5) is 0 Å². The van der Waals surface area contributed by atoms with Crippen molar-refractivity contribution in [3.8, 4) is 11.1 Å². The lowest BCUT2D eigenvalue weighted by Crippen LogP contribution is -2.72. The molecule has 1 aromatic heterocycles. The molecule has 7 rings (SSSR count). The van der Waals surface area contributed by atoms with Crippen LogP contribution < -0.4 is 20.7 Å². The summed E-state index contributed by atoms with van der Waals surface area (Å²) < 4.78 is 6.31. The van der Waals surface area contributed by atoms with E-state index in [1.807, 2.05) is 6.07 Å². The third-order valence-electron chi connectivity index (χ3n) is 7.20. The summed E-state index contributed by atoms with van der Waals surface area (Å²) in [6, 6.07) is 42.4. The van der Waals surface area contributed by atoms with Crippen LogP contribution in [0.15, 0.2) is 120 Å². The van der Waals surface area contributed by atoms with Crippen LogP contribution in [-0.2, 0) is 0 Å². The molecule has 0 radical (unpaired) electrons. The molecule has 2 heterocycles. The van der Waals surface area contributed by atoms with Gasteiger partial charge < -0.3 is 4.42 Å². The molecule has 1 aliphatic rings. The second-order valence-corrected chi connectivity index (χ2v) is 12.8. The molecule has 5 aromatic carbocycles. The van der Waals surface area contributed by atoms with Crippen molar-refractivity contribution in [1.82, 2.24) is 0 Å². The molecule has 1 unspecified atom stereocenters. The van der Waals surface area contributed by atoms with Crippen molar-refractivity contribution in [2.45, 2.75) is 6.92 Å². The third-order valence-corrected chi connectivity index (χ3v) is 12.0. The van der Waals surface area contributed by atoms with Gasteiger partial charge in [0.2, 0.25) is 0 Å². The molecule has 33 heavy (non-hydrogen) atoms. The minimum absolute atomic E-state index is 0.951. The SMILES string of the molecule is Cc1cccc([Si]2(c3ccccc3)c3ccccc3-c3cc4oc5ccccc5c4cc32)c1. The van der Waals surface area contributed by atoms with Crippen molar-refractivity contribution in [1.29, 1.82) is 0 Å². The number of hydrogen-bond donors (Lipinski definition) is 0. The predicted octanol–water partition coefficient (Wildman–Crippen LogP) is 5.25. The molecular formula is C31H22OSi. The predicted molar refractivity (Wildman–Crippen MR) is 141 cm³/mol. The fraction of sp³-hybridized carbons (Fsp3) is 0.0323. The Labute approximate surface area is 194 Å². The summed E-state index contributed by atoms with van der Waals surface area (Å²) in [4.78, 5) is 0. The highest BCUT2D eigenvalue weighted by atomic mass is 28.3. The van der Waals surface area contributed by atoms with Crippen LogP contribution in [0, 0.1) is 6.92 Å². The first-order valence-electron chi connectivity index (χ1n) is 11.4. The molecule has 1 nitrogen and oxygen atoms in total. The summed E-state index contributed by atoms with van der Waals surface area (Å²) in [6.45, 7) is 2.20. The molecule has 0 spiro atoms. The summed E-state index contributed by atoms with van der Waals surface area (Å²) >= 11 is 0. The van der Waals surface area contributed by atoms with E-state index in [9.17, 15) is 0 Å². The van der Waals surface area contributed by atoms with Gasteiger partial charge in [0.05, 0.1) is 0 Å². The largest absolute Gasteiger partial charge is 0.456 e. The summed E-state index contributed by atoms with van der Waals surface area (Å²) in [7, 11) is -2.48. The van der Waals surface area contributed by atoms with Crippen LogP contribution in [0.2, 0.25) is 0 Å². The minimum atomic E-state index is -2.48. The van der Waals surface area contributed by atoms with Gasteiger partial charge in [0, 0.05) is 10.8 Å². The Kier molecular flexibility index (Phi) is 3.85. The van der Waals surface area contributed by atoms with Gasteiger partial charge in [-0.3, -0.25) is 0 Å². The van der Waals surface area contributed by atoms with E-state index in [0.29, 0.717) is 0 Å². The molecule has 0 fully saturated rings. The highest BCUT2D eigenvalue weighted by Crippen LogP contribution is 2.35. The number of para-hydroxylation sites is 1. The van der Waals surface area contributed by atoms with Crippen molar-refractivity contribution in [2.75, 3.05) is 0 Å². The Morgan fingerprint density at radius 1 is 0.515 bits per heavy atom. The lowest BCUT2D eigenvalue weighted by atomic mass is 10.0. The average molecular weight is 439 g/mol. The third kappa shape index (κ3) is 2.47. The highest BCUT2D eigenvalue weighted by molar-refractivity contribution is 7.22. The first-order valence-corrected chi connectivity index (χ1v) is 13.4. The van der Waals surface area contributed by atoms with Crippen molar-refractivity contribution in [2.24, 2.45) is 0 Å². The van der Waals surface area contributed by atoms with Crippen molar-refractivity contribution in [3.63, 3.8) is 0 Å². The Balaban J connectivity index is 1.70. The number of hydrogen-bond acceptors (Lipinski definition) is 1. The maximum absolute atomic E-state index is 6.31. The molecule has 0 amide bonds. The van der Waals surface area contributed by atoms with Crippen molar-refractivity contribution in [3.05, 3.63) is 121 Å². The van der Waals surface area contributed by atoms with Gasteiger partial charge in [0.25, 0.3) is 0 Å². The Hall–Kier alpha value is -3.88. The smallest absolute Gasteiger partial charge is 0.180 e. The molecule has 156 valence electrons. The zero-order chi connectivity index (χ0) is 22.0. The zero-order valence-electron chi connectivity index (χ0n) is 18.4. The average Bonchev–Trinajstić information content (AvgIpc) is 3.36. The van der Waals surface area contributed by atoms with Gasteiger partial charge in [-0.2, -0.15) is 0 Å². The molecule has 0 saturated carbocycles. The van der Waals surface area contributed by atoms with Gasteiger partial charge >= 0.3 is 0 Å². The number of rotatable bonds is 2. The molecule has 6 aromatic rings. The Morgan fingerprint density at radius 2 is 1.27 bits per heavy atom. The van der Waals surface area contributed by atoms with Gasteiger partial charge in [0.1, 0.15) is 11.2 Å². The normalized spacial score (nSPS) is 16.8. The first-order chi connectivity index (χ1) is 16.3. The van der Waals surface area contributed by atoms with E-state index in [-0.39, 0.29) is 0 Å². The summed E-state index contributed by atoms with van der Waals surface area (Å²) in [5, 5.41) is 8.18. The molecule has 1 aliphatic heterocycles. The van der Waals surface area contributed by atoms with Gasteiger partial charge in [-0.25, -0.2) is 0 Å². The van der Waals surface area contributed by atoms with E-state index in [1.54, 1.807) is 0 Å². The maximum atomic E-state index is 6.31. The van der Waals surface area contributed by atoms with Crippen molar-refractivity contribution >= 4 is 50.8 Å². The van der Waals surface area contributed by atoms with Crippen LogP contribution in [0.5, 0.6) is 0 Å². The lowest BCUT2D eigenvalue weighted by molar-refractivity contribution is 0.669.